The first-order valence-electron chi connectivity index (χ1n) is 7.66. The summed E-state index contributed by atoms with van der Waals surface area (Å²) in [6, 6.07) is 8.60. The normalized spacial score (nSPS) is 11.9. The molecule has 0 fully saturated rings. The van der Waals surface area contributed by atoms with Crippen molar-refractivity contribution in [1.29, 1.82) is 0 Å². The van der Waals surface area contributed by atoms with Gasteiger partial charge in [0.15, 0.2) is 12.5 Å². The van der Waals surface area contributed by atoms with Crippen LogP contribution in [-0.2, 0) is 16.0 Å². The Morgan fingerprint density at radius 2 is 1.81 bits per heavy atom. The van der Waals surface area contributed by atoms with Gasteiger partial charge in [-0.1, -0.05) is 18.2 Å². The van der Waals surface area contributed by atoms with Crippen molar-refractivity contribution in [3.63, 3.8) is 0 Å². The van der Waals surface area contributed by atoms with Gasteiger partial charge in [0.1, 0.15) is 5.75 Å². The Balaban J connectivity index is 2.53. The summed E-state index contributed by atoms with van der Waals surface area (Å²) in [4.78, 5) is 22.9. The Kier molecular flexibility index (Phi) is 6.38. The smallest absolute Gasteiger partial charge is 0.309 e. The number of hydrogen-bond donors (Lipinski definition) is 0. The molecule has 0 aliphatic carbocycles. The van der Waals surface area contributed by atoms with E-state index in [1.807, 2.05) is 0 Å². The summed E-state index contributed by atoms with van der Waals surface area (Å²) in [6.07, 6.45) is -5.18. The predicted octanol–water partition coefficient (Wildman–Crippen LogP) is 4.17. The van der Waals surface area contributed by atoms with Crippen LogP contribution in [0.15, 0.2) is 36.4 Å². The second-order valence-electron chi connectivity index (χ2n) is 5.49. The fourth-order valence-corrected chi connectivity index (χ4v) is 2.56. The maximum Gasteiger partial charge on any atom is 0.309 e. The van der Waals surface area contributed by atoms with Crippen molar-refractivity contribution >= 4 is 12.3 Å². The topological polar surface area (TPSA) is 52.6 Å². The lowest BCUT2D eigenvalue weighted by atomic mass is 9.94. The molecule has 4 nitrogen and oxygen atoms in total. The molecule has 0 saturated carbocycles. The summed E-state index contributed by atoms with van der Waals surface area (Å²) in [5, 5.41) is 0. The Labute approximate surface area is 148 Å². The lowest BCUT2D eigenvalue weighted by molar-refractivity contribution is -0.139. The summed E-state index contributed by atoms with van der Waals surface area (Å²) in [7, 11) is 2.70. The average molecular weight is 366 g/mol. The standard InChI is InChI=1S/C19H17F3O4/c1-25-16-6-3-11(8-17(24)26-2)7-15(16)14-5-4-12(9-13(14)10-23)18(20)19(21)22/h3-7,9-10,18-19H,8H2,1-2H3. The molecule has 7 heteroatoms. The minimum absolute atomic E-state index is 0.0138. The van der Waals surface area contributed by atoms with Crippen LogP contribution in [0, 0.1) is 0 Å². The molecule has 0 saturated heterocycles. The fourth-order valence-electron chi connectivity index (χ4n) is 2.56. The molecule has 0 aliphatic heterocycles. The highest BCUT2D eigenvalue weighted by Gasteiger charge is 2.23. The monoisotopic (exact) mass is 366 g/mol. The molecule has 0 radical (unpaired) electrons. The second-order valence-corrected chi connectivity index (χ2v) is 5.49. The molecule has 138 valence electrons. The zero-order valence-electron chi connectivity index (χ0n) is 14.2. The number of ether oxygens (including phenoxy) is 2. The van der Waals surface area contributed by atoms with Crippen molar-refractivity contribution in [2.45, 2.75) is 19.0 Å². The van der Waals surface area contributed by atoms with Crippen molar-refractivity contribution in [2.75, 3.05) is 14.2 Å². The Morgan fingerprint density at radius 1 is 1.08 bits per heavy atom. The zero-order valence-corrected chi connectivity index (χ0v) is 14.2. The van der Waals surface area contributed by atoms with Crippen LogP contribution in [-0.4, -0.2) is 32.9 Å². The maximum absolute atomic E-state index is 13.6. The van der Waals surface area contributed by atoms with Gasteiger partial charge in [0.25, 0.3) is 6.43 Å². The molecule has 0 amide bonds. The van der Waals surface area contributed by atoms with Gasteiger partial charge in [0, 0.05) is 11.1 Å². The van der Waals surface area contributed by atoms with Crippen LogP contribution in [0.25, 0.3) is 11.1 Å². The lowest BCUT2D eigenvalue weighted by Gasteiger charge is -2.14. The molecule has 2 aromatic carbocycles. The Bertz CT molecular complexity index is 805. The third kappa shape index (κ3) is 4.22. The van der Waals surface area contributed by atoms with E-state index in [4.69, 9.17) is 4.74 Å². The van der Waals surface area contributed by atoms with Crippen LogP contribution in [0.3, 0.4) is 0 Å². The van der Waals surface area contributed by atoms with Crippen LogP contribution in [0.5, 0.6) is 5.75 Å². The molecule has 0 spiro atoms. The molecule has 26 heavy (non-hydrogen) atoms. The van der Waals surface area contributed by atoms with Crippen molar-refractivity contribution in [1.82, 2.24) is 0 Å². The Hall–Kier alpha value is -2.83. The largest absolute Gasteiger partial charge is 0.496 e. The van der Waals surface area contributed by atoms with Crippen LogP contribution in [0.4, 0.5) is 13.2 Å². The molecule has 0 bridgehead atoms. The first kappa shape index (κ1) is 19.5. The molecule has 0 heterocycles. The van der Waals surface area contributed by atoms with E-state index < -0.39 is 18.6 Å². The third-order valence-electron chi connectivity index (χ3n) is 3.87. The highest BCUT2D eigenvalue weighted by atomic mass is 19.3. The lowest BCUT2D eigenvalue weighted by Crippen LogP contribution is -2.06. The van der Waals surface area contributed by atoms with Crippen molar-refractivity contribution in [3.05, 3.63) is 53.1 Å². The van der Waals surface area contributed by atoms with E-state index in [-0.39, 0.29) is 17.5 Å². The van der Waals surface area contributed by atoms with Gasteiger partial charge in [0.2, 0.25) is 0 Å². The molecule has 0 aromatic heterocycles. The number of alkyl halides is 3. The van der Waals surface area contributed by atoms with Crippen LogP contribution in [0.2, 0.25) is 0 Å². The minimum Gasteiger partial charge on any atom is -0.496 e. The van der Waals surface area contributed by atoms with Crippen LogP contribution < -0.4 is 4.74 Å². The van der Waals surface area contributed by atoms with E-state index >= 15 is 0 Å². The zero-order chi connectivity index (χ0) is 19.3. The number of carbonyl (C=O) groups is 2. The van der Waals surface area contributed by atoms with E-state index in [9.17, 15) is 22.8 Å². The van der Waals surface area contributed by atoms with Gasteiger partial charge < -0.3 is 9.47 Å². The molecule has 1 unspecified atom stereocenters. The minimum atomic E-state index is -3.18. The van der Waals surface area contributed by atoms with E-state index in [1.54, 1.807) is 18.2 Å². The van der Waals surface area contributed by atoms with Gasteiger partial charge in [-0.25, -0.2) is 13.2 Å². The number of esters is 1. The molecule has 0 aliphatic rings. The number of benzene rings is 2. The van der Waals surface area contributed by atoms with Crippen molar-refractivity contribution < 1.29 is 32.2 Å². The molecule has 1 atom stereocenters. The van der Waals surface area contributed by atoms with E-state index in [1.165, 1.54) is 26.4 Å². The van der Waals surface area contributed by atoms with Gasteiger partial charge >= 0.3 is 5.97 Å². The molecule has 0 N–H and O–H groups in total. The number of hydrogen-bond acceptors (Lipinski definition) is 4. The second kappa shape index (κ2) is 8.51. The number of halogens is 3. The highest BCUT2D eigenvalue weighted by Crippen LogP contribution is 2.35. The molecule has 2 aromatic rings. The summed E-state index contributed by atoms with van der Waals surface area (Å²) >= 11 is 0. The first-order valence-corrected chi connectivity index (χ1v) is 7.66. The van der Waals surface area contributed by atoms with E-state index in [0.717, 1.165) is 6.07 Å². The van der Waals surface area contributed by atoms with Gasteiger partial charge in [-0.3, -0.25) is 9.59 Å². The average Bonchev–Trinajstić information content (AvgIpc) is 2.66. The highest BCUT2D eigenvalue weighted by molar-refractivity contribution is 5.90. The SMILES string of the molecule is COC(=O)Cc1ccc(OC)c(-c2ccc(C(F)C(F)F)cc2C=O)c1. The maximum atomic E-state index is 13.6. The van der Waals surface area contributed by atoms with Crippen LogP contribution in [0.1, 0.15) is 27.7 Å². The number of carbonyl (C=O) groups excluding carboxylic acids is 2. The summed E-state index contributed by atoms with van der Waals surface area (Å²) in [6.45, 7) is 0. The summed E-state index contributed by atoms with van der Waals surface area (Å²) in [5.41, 5.74) is 1.24. The van der Waals surface area contributed by atoms with Crippen LogP contribution >= 0.6 is 0 Å². The van der Waals surface area contributed by atoms with Crippen molar-refractivity contribution in [2.24, 2.45) is 0 Å². The Morgan fingerprint density at radius 3 is 2.38 bits per heavy atom. The molecule has 2 rings (SSSR count). The number of aldehydes is 1. The fraction of sp³-hybridized carbons (Fsp3) is 0.263. The number of methoxy groups -OCH3 is 2. The van der Waals surface area contributed by atoms with Gasteiger partial charge in [0.05, 0.1) is 20.6 Å². The van der Waals surface area contributed by atoms with E-state index in [2.05, 4.69) is 4.74 Å². The first-order chi connectivity index (χ1) is 12.4. The van der Waals surface area contributed by atoms with Gasteiger partial charge in [-0.05, 0) is 34.9 Å². The van der Waals surface area contributed by atoms with Gasteiger partial charge in [-0.15, -0.1) is 0 Å². The predicted molar refractivity (Wildman–Crippen MR) is 89.4 cm³/mol. The van der Waals surface area contributed by atoms with Gasteiger partial charge in [-0.2, -0.15) is 0 Å². The summed E-state index contributed by atoms with van der Waals surface area (Å²) in [5.74, 6) is -0.0237. The quantitative estimate of drug-likeness (QED) is 0.545. The molecular weight excluding hydrogens is 349 g/mol. The van der Waals surface area contributed by atoms with E-state index in [0.29, 0.717) is 28.7 Å². The molecular formula is C19H17F3O4. The third-order valence-corrected chi connectivity index (χ3v) is 3.87. The van der Waals surface area contributed by atoms with Crippen molar-refractivity contribution in [3.8, 4) is 16.9 Å². The summed E-state index contributed by atoms with van der Waals surface area (Å²) < 4.78 is 48.6. The number of rotatable bonds is 7.